The zero-order valence-corrected chi connectivity index (χ0v) is 14.7. The first-order valence-electron chi connectivity index (χ1n) is 9.23. The summed E-state index contributed by atoms with van der Waals surface area (Å²) in [5, 5.41) is 0. The molecule has 0 aromatic heterocycles. The molecule has 3 aliphatic heterocycles. The van der Waals surface area contributed by atoms with Crippen LogP contribution < -0.4 is 0 Å². The molecule has 6 heteroatoms. The first kappa shape index (κ1) is 17.6. The molecule has 0 saturated carbocycles. The molecule has 3 aliphatic rings. The van der Waals surface area contributed by atoms with E-state index in [-0.39, 0.29) is 11.5 Å². The Kier molecular flexibility index (Phi) is 4.80. The van der Waals surface area contributed by atoms with Gasteiger partial charge in [-0.25, -0.2) is 8.78 Å². The molecule has 140 valence electrons. The molecule has 1 amide bonds. The molecule has 0 aliphatic carbocycles. The summed E-state index contributed by atoms with van der Waals surface area (Å²) in [6.07, 6.45) is 5.31. The molecule has 4 rings (SSSR count). The van der Waals surface area contributed by atoms with Crippen molar-refractivity contribution in [2.24, 2.45) is 5.41 Å². The third-order valence-electron chi connectivity index (χ3n) is 5.97. The molecule has 2 atom stereocenters. The normalized spacial score (nSPS) is 29.1. The lowest BCUT2D eigenvalue weighted by molar-refractivity contribution is -0.0740. The van der Waals surface area contributed by atoms with Crippen molar-refractivity contribution in [3.05, 3.63) is 47.0 Å². The van der Waals surface area contributed by atoms with Crippen LogP contribution in [0.25, 0.3) is 0 Å². The number of carbonyl (C=O) groups is 1. The maximum atomic E-state index is 14.2. The van der Waals surface area contributed by atoms with Crippen LogP contribution in [0.1, 0.15) is 36.0 Å². The van der Waals surface area contributed by atoms with Crippen molar-refractivity contribution < 1.29 is 23.0 Å². The van der Waals surface area contributed by atoms with Gasteiger partial charge in [0.2, 0.25) is 0 Å². The highest BCUT2D eigenvalue weighted by Crippen LogP contribution is 2.48. The number of nitrogens with zero attached hydrogens (tertiary/aromatic N) is 1. The van der Waals surface area contributed by atoms with E-state index in [4.69, 9.17) is 9.47 Å². The second-order valence-electron chi connectivity index (χ2n) is 7.27. The highest BCUT2D eigenvalue weighted by molar-refractivity contribution is 5.95. The predicted molar refractivity (Wildman–Crippen MR) is 91.8 cm³/mol. The second kappa shape index (κ2) is 7.08. The fourth-order valence-corrected chi connectivity index (χ4v) is 4.77. The number of rotatable bonds is 2. The summed E-state index contributed by atoms with van der Waals surface area (Å²) in [5.74, 6) is -2.16. The van der Waals surface area contributed by atoms with Gasteiger partial charge >= 0.3 is 0 Å². The fraction of sp³-hybridized carbons (Fsp3) is 0.550. The molecule has 26 heavy (non-hydrogen) atoms. The number of hydrogen-bond donors (Lipinski definition) is 0. The predicted octanol–water partition coefficient (Wildman–Crippen LogP) is 3.32. The number of halogens is 2. The van der Waals surface area contributed by atoms with Crippen LogP contribution in [-0.4, -0.2) is 49.8 Å². The van der Waals surface area contributed by atoms with Gasteiger partial charge in [-0.2, -0.15) is 0 Å². The molecule has 0 bridgehead atoms. The van der Waals surface area contributed by atoms with Crippen LogP contribution in [0.5, 0.6) is 0 Å². The van der Waals surface area contributed by atoms with Crippen molar-refractivity contribution in [2.45, 2.75) is 31.7 Å². The summed E-state index contributed by atoms with van der Waals surface area (Å²) in [5.41, 5.74) is 0.549. The van der Waals surface area contributed by atoms with E-state index in [1.54, 1.807) is 4.90 Å². The molecule has 0 unspecified atom stereocenters. The zero-order chi connectivity index (χ0) is 18.1. The van der Waals surface area contributed by atoms with E-state index in [0.717, 1.165) is 31.4 Å². The number of piperidine rings is 1. The van der Waals surface area contributed by atoms with Gasteiger partial charge in [-0.05, 0) is 37.8 Å². The first-order valence-corrected chi connectivity index (χ1v) is 9.23. The Labute approximate surface area is 151 Å². The van der Waals surface area contributed by atoms with Crippen molar-refractivity contribution in [2.75, 3.05) is 33.0 Å². The number of fused-ring (bicyclic) bond motifs is 1. The smallest absolute Gasteiger partial charge is 0.260 e. The summed E-state index contributed by atoms with van der Waals surface area (Å²) >= 11 is 0. The highest BCUT2D eigenvalue weighted by atomic mass is 19.1. The largest absolute Gasteiger partial charge is 0.380 e. The second-order valence-corrected chi connectivity index (χ2v) is 7.27. The van der Waals surface area contributed by atoms with Crippen molar-refractivity contribution in [1.82, 2.24) is 4.90 Å². The van der Waals surface area contributed by atoms with Gasteiger partial charge in [0.05, 0.1) is 19.8 Å². The Morgan fingerprint density at radius 2 is 2.00 bits per heavy atom. The maximum absolute atomic E-state index is 14.2. The van der Waals surface area contributed by atoms with Crippen LogP contribution in [0.2, 0.25) is 0 Å². The van der Waals surface area contributed by atoms with Crippen molar-refractivity contribution in [1.29, 1.82) is 0 Å². The SMILES string of the molecule is O=C(c1c(F)cccc1F)N1CCC[C@@]2(C3=CCOCC3)COCC[C@H]12. The molecule has 0 N–H and O–H groups in total. The van der Waals surface area contributed by atoms with E-state index >= 15 is 0 Å². The molecule has 1 aromatic rings. The highest BCUT2D eigenvalue weighted by Gasteiger charge is 2.50. The standard InChI is InChI=1S/C20H23F2NO3/c21-15-3-1-4-16(22)18(15)19(24)23-9-2-8-20(13-26-12-7-17(20)23)14-5-10-25-11-6-14/h1,3-5,17H,2,6-13H2/t17-,20-/m0/s1. The van der Waals surface area contributed by atoms with Gasteiger partial charge in [0.1, 0.15) is 17.2 Å². The van der Waals surface area contributed by atoms with E-state index in [0.29, 0.717) is 39.4 Å². The van der Waals surface area contributed by atoms with Crippen LogP contribution in [0.3, 0.4) is 0 Å². The van der Waals surface area contributed by atoms with Gasteiger partial charge < -0.3 is 14.4 Å². The third kappa shape index (κ3) is 2.85. The summed E-state index contributed by atoms with van der Waals surface area (Å²) in [6, 6.07) is 3.46. The summed E-state index contributed by atoms with van der Waals surface area (Å²) in [7, 11) is 0. The Bertz CT molecular complexity index is 712. The van der Waals surface area contributed by atoms with Crippen LogP contribution in [0.4, 0.5) is 8.78 Å². The molecule has 1 aromatic carbocycles. The molecule has 2 saturated heterocycles. The first-order chi connectivity index (χ1) is 12.6. The number of benzene rings is 1. The fourth-order valence-electron chi connectivity index (χ4n) is 4.77. The van der Waals surface area contributed by atoms with Gasteiger partial charge in [-0.1, -0.05) is 17.7 Å². The Morgan fingerprint density at radius 1 is 1.19 bits per heavy atom. The molecular formula is C20H23F2NO3. The molecule has 4 nitrogen and oxygen atoms in total. The minimum absolute atomic E-state index is 0.0964. The number of likely N-dealkylation sites (tertiary alicyclic amines) is 1. The summed E-state index contributed by atoms with van der Waals surface area (Å²) < 4.78 is 39.6. The van der Waals surface area contributed by atoms with Crippen molar-refractivity contribution >= 4 is 5.91 Å². The average Bonchev–Trinajstić information content (AvgIpc) is 2.68. The number of carbonyl (C=O) groups excluding carboxylic acids is 1. The Hall–Kier alpha value is -1.79. The maximum Gasteiger partial charge on any atom is 0.260 e. The summed E-state index contributed by atoms with van der Waals surface area (Å²) in [6.45, 7) is 2.85. The van der Waals surface area contributed by atoms with E-state index in [1.165, 1.54) is 11.6 Å². The number of ether oxygens (including phenoxy) is 2. The topological polar surface area (TPSA) is 38.8 Å². The van der Waals surface area contributed by atoms with E-state index in [1.807, 2.05) is 0 Å². The molecule has 0 spiro atoms. The van der Waals surface area contributed by atoms with Gasteiger partial charge in [-0.15, -0.1) is 0 Å². The molecule has 3 heterocycles. The molecule has 2 fully saturated rings. The third-order valence-corrected chi connectivity index (χ3v) is 5.97. The number of amides is 1. The molecule has 0 radical (unpaired) electrons. The van der Waals surface area contributed by atoms with Crippen molar-refractivity contribution in [3.63, 3.8) is 0 Å². The van der Waals surface area contributed by atoms with Crippen LogP contribution in [-0.2, 0) is 9.47 Å². The van der Waals surface area contributed by atoms with Gasteiger partial charge in [0.15, 0.2) is 0 Å². The lowest BCUT2D eigenvalue weighted by atomic mass is 9.65. The Balaban J connectivity index is 1.71. The van der Waals surface area contributed by atoms with Crippen LogP contribution in [0, 0.1) is 17.0 Å². The molecular weight excluding hydrogens is 340 g/mol. The number of hydrogen-bond acceptors (Lipinski definition) is 3. The van der Waals surface area contributed by atoms with E-state index in [9.17, 15) is 13.6 Å². The van der Waals surface area contributed by atoms with E-state index in [2.05, 4.69) is 6.08 Å². The van der Waals surface area contributed by atoms with Crippen LogP contribution >= 0.6 is 0 Å². The van der Waals surface area contributed by atoms with Crippen molar-refractivity contribution in [3.8, 4) is 0 Å². The summed E-state index contributed by atoms with van der Waals surface area (Å²) in [4.78, 5) is 14.8. The Morgan fingerprint density at radius 3 is 2.73 bits per heavy atom. The quantitative estimate of drug-likeness (QED) is 0.757. The lowest BCUT2D eigenvalue weighted by Crippen LogP contribution is -2.60. The van der Waals surface area contributed by atoms with E-state index < -0.39 is 23.1 Å². The van der Waals surface area contributed by atoms with Gasteiger partial charge in [0, 0.05) is 24.6 Å². The van der Waals surface area contributed by atoms with Gasteiger partial charge in [0.25, 0.3) is 5.91 Å². The average molecular weight is 363 g/mol. The monoisotopic (exact) mass is 363 g/mol. The minimum atomic E-state index is -0.802. The minimum Gasteiger partial charge on any atom is -0.380 e. The zero-order valence-electron chi connectivity index (χ0n) is 14.7. The van der Waals surface area contributed by atoms with Crippen LogP contribution in [0.15, 0.2) is 29.8 Å². The van der Waals surface area contributed by atoms with Gasteiger partial charge in [-0.3, -0.25) is 4.79 Å². The lowest BCUT2D eigenvalue weighted by Gasteiger charge is -2.54.